The molecule has 1 saturated heterocycles. The Morgan fingerprint density at radius 1 is 1.00 bits per heavy atom. The topological polar surface area (TPSA) is 42.4 Å². The predicted molar refractivity (Wildman–Crippen MR) is 109 cm³/mol. The van der Waals surface area contributed by atoms with E-state index >= 15 is 0 Å². The van der Waals surface area contributed by atoms with Crippen LogP contribution in [0, 0.1) is 17.5 Å². The summed E-state index contributed by atoms with van der Waals surface area (Å²) in [6, 6.07) is 14.9. The number of aromatic nitrogens is 1. The smallest absolute Gasteiger partial charge is 0.227 e. The van der Waals surface area contributed by atoms with Gasteiger partial charge in [0.25, 0.3) is 0 Å². The van der Waals surface area contributed by atoms with Crippen LogP contribution in [0.2, 0.25) is 0 Å². The number of pyridine rings is 1. The van der Waals surface area contributed by atoms with Crippen molar-refractivity contribution in [3.8, 4) is 0 Å². The third kappa shape index (κ3) is 5.11. The minimum Gasteiger partial charge on any atom is -0.368 e. The molecule has 4 nitrogen and oxygen atoms in total. The highest BCUT2D eigenvalue weighted by Crippen LogP contribution is 2.23. The van der Waals surface area contributed by atoms with E-state index in [1.807, 2.05) is 0 Å². The van der Waals surface area contributed by atoms with Crippen molar-refractivity contribution in [1.82, 2.24) is 9.88 Å². The van der Waals surface area contributed by atoms with Gasteiger partial charge in [-0.3, -0.25) is 9.78 Å². The normalized spacial score (nSPS) is 16.4. The summed E-state index contributed by atoms with van der Waals surface area (Å²) in [5.74, 6) is -1.65. The van der Waals surface area contributed by atoms with Gasteiger partial charge in [-0.1, -0.05) is 24.3 Å². The number of hydrogen-bond acceptors (Lipinski definition) is 3. The van der Waals surface area contributed by atoms with Crippen LogP contribution in [0.4, 0.5) is 13.2 Å². The Balaban J connectivity index is 1.45. The fraction of sp³-hybridized carbons (Fsp3) is 0.250. The van der Waals surface area contributed by atoms with Crippen molar-refractivity contribution in [2.24, 2.45) is 0 Å². The highest BCUT2D eigenvalue weighted by atomic mass is 19.1. The molecule has 2 aromatic carbocycles. The summed E-state index contributed by atoms with van der Waals surface area (Å²) in [4.78, 5) is 18.9. The number of morpholine rings is 1. The Kier molecular flexibility index (Phi) is 6.32. The Hall–Kier alpha value is -3.19. The SMILES string of the molecule is O=C(Cc1ccc(F)cc1)N1CCO[C@H](c2cccc(Cc3c(F)cccc3F)n2)C1. The van der Waals surface area contributed by atoms with Gasteiger partial charge in [-0.15, -0.1) is 0 Å². The van der Waals surface area contributed by atoms with E-state index in [1.165, 1.54) is 30.3 Å². The zero-order valence-corrected chi connectivity index (χ0v) is 16.7. The molecule has 2 heterocycles. The summed E-state index contributed by atoms with van der Waals surface area (Å²) in [7, 11) is 0. The number of carbonyl (C=O) groups is 1. The first-order chi connectivity index (χ1) is 15.0. The van der Waals surface area contributed by atoms with E-state index in [1.54, 1.807) is 35.2 Å². The molecule has 4 rings (SSSR count). The van der Waals surface area contributed by atoms with Gasteiger partial charge in [0, 0.05) is 24.2 Å². The number of carbonyl (C=O) groups excluding carboxylic acids is 1. The van der Waals surface area contributed by atoms with E-state index in [4.69, 9.17) is 4.74 Å². The number of halogens is 3. The second-order valence-corrected chi connectivity index (χ2v) is 7.43. The highest BCUT2D eigenvalue weighted by molar-refractivity contribution is 5.78. The van der Waals surface area contributed by atoms with Crippen LogP contribution in [-0.2, 0) is 22.4 Å². The molecular weight excluding hydrogens is 405 g/mol. The van der Waals surface area contributed by atoms with Gasteiger partial charge in [-0.25, -0.2) is 13.2 Å². The van der Waals surface area contributed by atoms with Crippen molar-refractivity contribution in [2.75, 3.05) is 19.7 Å². The van der Waals surface area contributed by atoms with Crippen LogP contribution >= 0.6 is 0 Å². The molecule has 31 heavy (non-hydrogen) atoms. The largest absolute Gasteiger partial charge is 0.368 e. The van der Waals surface area contributed by atoms with Crippen molar-refractivity contribution in [3.63, 3.8) is 0 Å². The third-order valence-corrected chi connectivity index (χ3v) is 5.27. The van der Waals surface area contributed by atoms with Gasteiger partial charge >= 0.3 is 0 Å². The van der Waals surface area contributed by atoms with Crippen LogP contribution in [0.3, 0.4) is 0 Å². The molecule has 1 fully saturated rings. The van der Waals surface area contributed by atoms with Crippen molar-refractivity contribution < 1.29 is 22.7 Å². The summed E-state index contributed by atoms with van der Waals surface area (Å²) in [6.07, 6.45) is -0.240. The third-order valence-electron chi connectivity index (χ3n) is 5.27. The van der Waals surface area contributed by atoms with Crippen LogP contribution in [0.25, 0.3) is 0 Å². The van der Waals surface area contributed by atoms with Crippen molar-refractivity contribution >= 4 is 5.91 Å². The van der Waals surface area contributed by atoms with Gasteiger partial charge in [0.05, 0.1) is 25.3 Å². The maximum atomic E-state index is 14.0. The molecule has 7 heteroatoms. The molecule has 160 valence electrons. The lowest BCUT2D eigenvalue weighted by atomic mass is 10.1. The number of ether oxygens (including phenoxy) is 1. The number of benzene rings is 2. The molecule has 0 spiro atoms. The lowest BCUT2D eigenvalue weighted by Gasteiger charge is -2.33. The molecule has 3 aromatic rings. The molecule has 1 atom stereocenters. The van der Waals surface area contributed by atoms with Crippen molar-refractivity contribution in [2.45, 2.75) is 18.9 Å². The fourth-order valence-corrected chi connectivity index (χ4v) is 3.60. The molecule has 0 aliphatic carbocycles. The Morgan fingerprint density at radius 2 is 1.71 bits per heavy atom. The van der Waals surface area contributed by atoms with E-state index in [0.717, 1.165) is 5.56 Å². The van der Waals surface area contributed by atoms with Gasteiger partial charge in [0.15, 0.2) is 0 Å². The quantitative estimate of drug-likeness (QED) is 0.613. The van der Waals surface area contributed by atoms with Gasteiger partial charge in [-0.05, 0) is 42.0 Å². The summed E-state index contributed by atoms with van der Waals surface area (Å²) in [5, 5.41) is 0. The molecule has 1 amide bonds. The maximum absolute atomic E-state index is 14.0. The number of nitrogens with zero attached hydrogens (tertiary/aromatic N) is 2. The fourth-order valence-electron chi connectivity index (χ4n) is 3.60. The van der Waals surface area contributed by atoms with Crippen molar-refractivity contribution in [3.05, 3.63) is 101 Å². The number of amides is 1. The molecule has 1 aliphatic rings. The molecule has 0 saturated carbocycles. The first kappa shape index (κ1) is 21.1. The number of hydrogen-bond donors (Lipinski definition) is 0. The minimum absolute atomic E-state index is 0.0201. The van der Waals surface area contributed by atoms with Crippen LogP contribution in [0.15, 0.2) is 60.7 Å². The Morgan fingerprint density at radius 3 is 2.45 bits per heavy atom. The molecular formula is C24H21F3N2O2. The summed E-state index contributed by atoms with van der Waals surface area (Å²) in [5.41, 5.74) is 1.82. The average molecular weight is 426 g/mol. The molecule has 1 aliphatic heterocycles. The first-order valence-electron chi connectivity index (χ1n) is 10.0. The second-order valence-electron chi connectivity index (χ2n) is 7.43. The van der Waals surface area contributed by atoms with E-state index in [0.29, 0.717) is 31.1 Å². The van der Waals surface area contributed by atoms with Gasteiger partial charge in [0.1, 0.15) is 23.6 Å². The number of rotatable bonds is 5. The lowest BCUT2D eigenvalue weighted by molar-refractivity contribution is -0.138. The van der Waals surface area contributed by atoms with E-state index in [2.05, 4.69) is 4.98 Å². The summed E-state index contributed by atoms with van der Waals surface area (Å²) >= 11 is 0. The van der Waals surface area contributed by atoms with Gasteiger partial charge in [0.2, 0.25) is 5.91 Å². The predicted octanol–water partition coefficient (Wildman–Crippen LogP) is 4.23. The standard InChI is InChI=1S/C24H21F3N2O2/c25-17-9-7-16(8-10-17)13-24(30)29-11-12-31-23(15-29)22-6-1-3-18(28-22)14-19-20(26)4-2-5-21(19)27/h1-10,23H,11-15H2/t23-/m0/s1. The Labute approximate surface area is 178 Å². The van der Waals surface area contributed by atoms with Crippen LogP contribution < -0.4 is 0 Å². The maximum Gasteiger partial charge on any atom is 0.227 e. The molecule has 0 bridgehead atoms. The highest BCUT2D eigenvalue weighted by Gasteiger charge is 2.26. The lowest BCUT2D eigenvalue weighted by Crippen LogP contribution is -2.43. The second kappa shape index (κ2) is 9.31. The molecule has 1 aromatic heterocycles. The van der Waals surface area contributed by atoms with E-state index < -0.39 is 17.7 Å². The summed E-state index contributed by atoms with van der Waals surface area (Å²) < 4.78 is 46.8. The zero-order valence-electron chi connectivity index (χ0n) is 16.7. The van der Waals surface area contributed by atoms with E-state index in [9.17, 15) is 18.0 Å². The monoisotopic (exact) mass is 426 g/mol. The van der Waals surface area contributed by atoms with Crippen LogP contribution in [-0.4, -0.2) is 35.5 Å². The molecule has 0 unspecified atom stereocenters. The molecule has 0 radical (unpaired) electrons. The van der Waals surface area contributed by atoms with Gasteiger partial charge in [-0.2, -0.15) is 0 Å². The van der Waals surface area contributed by atoms with E-state index in [-0.39, 0.29) is 30.1 Å². The van der Waals surface area contributed by atoms with Crippen LogP contribution in [0.5, 0.6) is 0 Å². The average Bonchev–Trinajstić information content (AvgIpc) is 2.78. The van der Waals surface area contributed by atoms with Gasteiger partial charge < -0.3 is 9.64 Å². The zero-order chi connectivity index (χ0) is 21.8. The van der Waals surface area contributed by atoms with Crippen LogP contribution in [0.1, 0.15) is 28.6 Å². The minimum atomic E-state index is -0.612. The summed E-state index contributed by atoms with van der Waals surface area (Å²) in [6.45, 7) is 1.13. The molecule has 0 N–H and O–H groups in total. The Bertz CT molecular complexity index is 1050. The van der Waals surface area contributed by atoms with Crippen molar-refractivity contribution in [1.29, 1.82) is 0 Å². The first-order valence-corrected chi connectivity index (χ1v) is 10.0.